The van der Waals surface area contributed by atoms with Gasteiger partial charge in [0.2, 0.25) is 0 Å². The molecule has 0 saturated carbocycles. The average molecular weight is 528 g/mol. The van der Waals surface area contributed by atoms with Gasteiger partial charge in [-0.15, -0.1) is 0 Å². The van der Waals surface area contributed by atoms with Gasteiger partial charge >= 0.3 is 0 Å². The Balaban J connectivity index is 1.45. The number of nitrogens with one attached hydrogen (secondary N) is 2. The maximum atomic E-state index is 13.6. The van der Waals surface area contributed by atoms with Crippen LogP contribution in [0, 0.1) is 6.92 Å². The smallest absolute Gasteiger partial charge is 0.258 e. The van der Waals surface area contributed by atoms with Crippen molar-refractivity contribution in [2.75, 3.05) is 25.0 Å². The van der Waals surface area contributed by atoms with Gasteiger partial charge in [0.1, 0.15) is 5.82 Å². The summed E-state index contributed by atoms with van der Waals surface area (Å²) in [7, 11) is 1.82. The van der Waals surface area contributed by atoms with Crippen LogP contribution in [-0.2, 0) is 7.05 Å². The number of rotatable bonds is 8. The fraction of sp³-hybridized carbons (Fsp3) is 0.357. The topological polar surface area (TPSA) is 123 Å². The molecule has 1 fully saturated rings. The zero-order valence-corrected chi connectivity index (χ0v) is 22.7. The van der Waals surface area contributed by atoms with Crippen LogP contribution in [0.1, 0.15) is 53.1 Å². The standard InChI is InChI=1S/C28H33N9O2/c1-19-23(37-24(8-11-31-37)34-26(38)20-7-5-10-29-16-20)15-22(25(33-19)21-17-32-35(4)18-21)27(39)30-12-14-36-13-6-9-28(36,2)3/h5,7-8,10-11,15-18H,6,9,12-14H2,1-4H3,(H,30,39)(H,34,38). The average Bonchev–Trinajstić information content (AvgIpc) is 3.64. The van der Waals surface area contributed by atoms with Gasteiger partial charge in [0.15, 0.2) is 0 Å². The Bertz CT molecular complexity index is 1490. The van der Waals surface area contributed by atoms with Gasteiger partial charge in [0.05, 0.1) is 40.6 Å². The molecule has 202 valence electrons. The fourth-order valence-corrected chi connectivity index (χ4v) is 5.00. The number of anilines is 1. The van der Waals surface area contributed by atoms with Crippen LogP contribution in [0.2, 0.25) is 0 Å². The van der Waals surface area contributed by atoms with Crippen molar-refractivity contribution in [1.29, 1.82) is 0 Å². The molecule has 1 aliphatic heterocycles. The molecule has 0 spiro atoms. The fourth-order valence-electron chi connectivity index (χ4n) is 5.00. The second-order valence-electron chi connectivity index (χ2n) is 10.4. The van der Waals surface area contributed by atoms with Crippen molar-refractivity contribution < 1.29 is 9.59 Å². The number of hydrogen-bond acceptors (Lipinski definition) is 7. The van der Waals surface area contributed by atoms with E-state index in [1.165, 1.54) is 12.6 Å². The van der Waals surface area contributed by atoms with Crippen LogP contribution in [0.5, 0.6) is 0 Å². The number of aryl methyl sites for hydroxylation is 2. The minimum Gasteiger partial charge on any atom is -0.351 e. The van der Waals surface area contributed by atoms with Crippen molar-refractivity contribution in [2.24, 2.45) is 7.05 Å². The van der Waals surface area contributed by atoms with E-state index in [4.69, 9.17) is 4.98 Å². The lowest BCUT2D eigenvalue weighted by Crippen LogP contribution is -2.43. The van der Waals surface area contributed by atoms with Crippen molar-refractivity contribution in [3.8, 4) is 16.9 Å². The molecule has 2 N–H and O–H groups in total. The Labute approximate surface area is 227 Å². The third-order valence-corrected chi connectivity index (χ3v) is 7.19. The van der Waals surface area contributed by atoms with E-state index >= 15 is 0 Å². The van der Waals surface area contributed by atoms with Gasteiger partial charge in [0.25, 0.3) is 11.8 Å². The Morgan fingerprint density at radius 1 is 1.10 bits per heavy atom. The third-order valence-electron chi connectivity index (χ3n) is 7.19. The van der Waals surface area contributed by atoms with Crippen LogP contribution in [0.15, 0.2) is 55.2 Å². The molecule has 11 nitrogen and oxygen atoms in total. The minimum absolute atomic E-state index is 0.140. The Morgan fingerprint density at radius 3 is 2.64 bits per heavy atom. The number of nitrogens with zero attached hydrogens (tertiary/aromatic N) is 7. The largest absolute Gasteiger partial charge is 0.351 e. The summed E-state index contributed by atoms with van der Waals surface area (Å²) < 4.78 is 3.25. The molecule has 0 unspecified atom stereocenters. The quantitative estimate of drug-likeness (QED) is 0.361. The van der Waals surface area contributed by atoms with Crippen LogP contribution < -0.4 is 10.6 Å². The van der Waals surface area contributed by atoms with Gasteiger partial charge in [-0.05, 0) is 58.4 Å². The molecule has 1 aliphatic rings. The van der Waals surface area contributed by atoms with E-state index in [1.54, 1.807) is 52.2 Å². The third kappa shape index (κ3) is 5.58. The number of amides is 2. The van der Waals surface area contributed by atoms with Gasteiger partial charge in [-0.1, -0.05) is 0 Å². The van der Waals surface area contributed by atoms with Crippen molar-refractivity contribution in [3.05, 3.63) is 72.1 Å². The van der Waals surface area contributed by atoms with E-state index in [0.29, 0.717) is 40.6 Å². The Kier molecular flexibility index (Phi) is 7.25. The van der Waals surface area contributed by atoms with Gasteiger partial charge in [-0.2, -0.15) is 10.2 Å². The van der Waals surface area contributed by atoms with Crippen molar-refractivity contribution in [1.82, 2.24) is 39.7 Å². The zero-order valence-electron chi connectivity index (χ0n) is 22.7. The lowest BCUT2D eigenvalue weighted by Gasteiger charge is -2.31. The predicted octanol–water partition coefficient (Wildman–Crippen LogP) is 3.23. The SMILES string of the molecule is Cc1nc(-c2cnn(C)c2)c(C(=O)NCCN2CCCC2(C)C)cc1-n1nccc1NC(=O)c1cccnc1. The summed E-state index contributed by atoms with van der Waals surface area (Å²) in [6.45, 7) is 8.66. The van der Waals surface area contributed by atoms with E-state index in [0.717, 1.165) is 25.1 Å². The highest BCUT2D eigenvalue weighted by Gasteiger charge is 2.31. The highest BCUT2D eigenvalue weighted by atomic mass is 16.2. The number of hydrogen-bond donors (Lipinski definition) is 2. The predicted molar refractivity (Wildman–Crippen MR) is 148 cm³/mol. The number of pyridine rings is 2. The molecular weight excluding hydrogens is 494 g/mol. The van der Waals surface area contributed by atoms with Crippen molar-refractivity contribution in [3.63, 3.8) is 0 Å². The molecule has 4 aromatic heterocycles. The maximum absolute atomic E-state index is 13.6. The first-order valence-corrected chi connectivity index (χ1v) is 13.0. The molecule has 0 bridgehead atoms. The summed E-state index contributed by atoms with van der Waals surface area (Å²) in [5.74, 6) is -0.0940. The number of carbonyl (C=O) groups is 2. The van der Waals surface area contributed by atoms with E-state index in [2.05, 4.69) is 44.6 Å². The summed E-state index contributed by atoms with van der Waals surface area (Å²) in [4.78, 5) is 37.6. The number of aromatic nitrogens is 6. The zero-order chi connectivity index (χ0) is 27.6. The van der Waals surface area contributed by atoms with Gasteiger partial charge in [-0.25, -0.2) is 9.67 Å². The lowest BCUT2D eigenvalue weighted by molar-refractivity contribution is 0.0939. The highest BCUT2D eigenvalue weighted by molar-refractivity contribution is 6.04. The summed E-state index contributed by atoms with van der Waals surface area (Å²) in [5, 5.41) is 14.7. The van der Waals surface area contributed by atoms with Gasteiger partial charge < -0.3 is 10.6 Å². The van der Waals surface area contributed by atoms with Gasteiger partial charge in [-0.3, -0.25) is 24.2 Å². The molecule has 1 saturated heterocycles. The van der Waals surface area contributed by atoms with Crippen LogP contribution >= 0.6 is 0 Å². The van der Waals surface area contributed by atoms with E-state index < -0.39 is 0 Å². The molecular formula is C28H33N9O2. The molecule has 5 heterocycles. The summed E-state index contributed by atoms with van der Waals surface area (Å²) >= 11 is 0. The Hall–Kier alpha value is -4.38. The molecule has 2 amide bonds. The second-order valence-corrected chi connectivity index (χ2v) is 10.4. The maximum Gasteiger partial charge on any atom is 0.258 e. The summed E-state index contributed by atoms with van der Waals surface area (Å²) in [6.07, 6.45) is 10.5. The molecule has 5 rings (SSSR count). The molecule has 11 heteroatoms. The first kappa shape index (κ1) is 26.2. The second kappa shape index (κ2) is 10.8. The molecule has 0 radical (unpaired) electrons. The Morgan fingerprint density at radius 2 is 1.95 bits per heavy atom. The van der Waals surface area contributed by atoms with Crippen molar-refractivity contribution >= 4 is 17.6 Å². The lowest BCUT2D eigenvalue weighted by atomic mass is 10.0. The van der Waals surface area contributed by atoms with E-state index in [-0.39, 0.29) is 17.4 Å². The summed E-state index contributed by atoms with van der Waals surface area (Å²) in [6, 6.07) is 6.85. The highest BCUT2D eigenvalue weighted by Crippen LogP contribution is 2.29. The molecule has 0 aliphatic carbocycles. The van der Waals surface area contributed by atoms with Crippen molar-refractivity contribution in [2.45, 2.75) is 39.2 Å². The number of carbonyl (C=O) groups excluding carboxylic acids is 2. The van der Waals surface area contributed by atoms with Crippen LogP contribution in [0.4, 0.5) is 5.82 Å². The minimum atomic E-state index is -0.315. The van der Waals surface area contributed by atoms with E-state index in [1.807, 2.05) is 20.2 Å². The monoisotopic (exact) mass is 527 g/mol. The molecule has 0 aromatic carbocycles. The summed E-state index contributed by atoms with van der Waals surface area (Å²) in [5.41, 5.74) is 3.48. The normalized spacial score (nSPS) is 14.9. The van der Waals surface area contributed by atoms with Crippen LogP contribution in [-0.4, -0.2) is 71.4 Å². The first-order chi connectivity index (χ1) is 18.7. The number of likely N-dealkylation sites (tertiary alicyclic amines) is 1. The molecule has 39 heavy (non-hydrogen) atoms. The van der Waals surface area contributed by atoms with Crippen LogP contribution in [0.3, 0.4) is 0 Å². The molecule has 0 atom stereocenters. The first-order valence-electron chi connectivity index (χ1n) is 13.0. The van der Waals surface area contributed by atoms with Crippen LogP contribution in [0.25, 0.3) is 16.9 Å². The molecule has 4 aromatic rings. The van der Waals surface area contributed by atoms with E-state index in [9.17, 15) is 9.59 Å². The van der Waals surface area contributed by atoms with Gasteiger partial charge in [0, 0.05) is 55.9 Å².